The molecule has 1 heterocycles. The van der Waals surface area contributed by atoms with Crippen LogP contribution in [-0.4, -0.2) is 62.5 Å². The summed E-state index contributed by atoms with van der Waals surface area (Å²) < 4.78 is 12.5. The molecule has 0 bridgehead atoms. The molecule has 1 rings (SSSR count). The standard InChI is InChI=1S/C17H32N4O2.HI/c1-5-18-17(19-10-6-7-12-23-14-13-22-4)21(3)15-16-9-8-11-20(16)2;/h8-9,11H,5-7,10,12-15H2,1-4H3,(H,18,19);1H. The lowest BCUT2D eigenvalue weighted by Gasteiger charge is -2.22. The van der Waals surface area contributed by atoms with Crippen molar-refractivity contribution in [2.75, 3.05) is 47.1 Å². The molecule has 0 aliphatic carbocycles. The molecule has 140 valence electrons. The second-order valence-electron chi connectivity index (χ2n) is 5.51. The molecular formula is C17H33IN4O2. The number of aryl methyl sites for hydroxylation is 1. The third kappa shape index (κ3) is 9.48. The summed E-state index contributed by atoms with van der Waals surface area (Å²) in [5.41, 5.74) is 1.27. The van der Waals surface area contributed by atoms with E-state index in [1.165, 1.54) is 5.69 Å². The summed E-state index contributed by atoms with van der Waals surface area (Å²) >= 11 is 0. The summed E-state index contributed by atoms with van der Waals surface area (Å²) in [6.07, 6.45) is 4.12. The Morgan fingerprint density at radius 1 is 1.29 bits per heavy atom. The first-order chi connectivity index (χ1) is 11.2. The van der Waals surface area contributed by atoms with Crippen molar-refractivity contribution in [3.05, 3.63) is 24.0 Å². The highest BCUT2D eigenvalue weighted by atomic mass is 127. The molecule has 0 saturated carbocycles. The van der Waals surface area contributed by atoms with Crippen LogP contribution in [-0.2, 0) is 23.1 Å². The summed E-state index contributed by atoms with van der Waals surface area (Å²) in [4.78, 5) is 6.86. The highest BCUT2D eigenvalue weighted by molar-refractivity contribution is 14.0. The Morgan fingerprint density at radius 2 is 2.08 bits per heavy atom. The van der Waals surface area contributed by atoms with Crippen LogP contribution >= 0.6 is 24.0 Å². The van der Waals surface area contributed by atoms with Crippen LogP contribution in [0.3, 0.4) is 0 Å². The zero-order valence-electron chi connectivity index (χ0n) is 15.5. The Balaban J connectivity index is 0.00000529. The van der Waals surface area contributed by atoms with Crippen molar-refractivity contribution in [3.63, 3.8) is 0 Å². The lowest BCUT2D eigenvalue weighted by Crippen LogP contribution is -2.38. The van der Waals surface area contributed by atoms with E-state index in [0.717, 1.165) is 45.0 Å². The molecule has 1 aromatic rings. The van der Waals surface area contributed by atoms with Gasteiger partial charge in [0, 0.05) is 52.8 Å². The average Bonchev–Trinajstić information content (AvgIpc) is 2.94. The molecule has 0 aliphatic heterocycles. The first-order valence-electron chi connectivity index (χ1n) is 8.35. The molecular weight excluding hydrogens is 419 g/mol. The van der Waals surface area contributed by atoms with Gasteiger partial charge in [0.05, 0.1) is 19.8 Å². The van der Waals surface area contributed by atoms with Gasteiger partial charge in [0.15, 0.2) is 5.96 Å². The summed E-state index contributed by atoms with van der Waals surface area (Å²) in [7, 11) is 5.82. The molecule has 1 aromatic heterocycles. The van der Waals surface area contributed by atoms with Crippen LogP contribution in [0.5, 0.6) is 0 Å². The maximum Gasteiger partial charge on any atom is 0.194 e. The average molecular weight is 452 g/mol. The molecule has 1 N–H and O–H groups in total. The Kier molecular flexibility index (Phi) is 14.1. The zero-order chi connectivity index (χ0) is 16.9. The first-order valence-corrected chi connectivity index (χ1v) is 8.35. The van der Waals surface area contributed by atoms with E-state index in [-0.39, 0.29) is 24.0 Å². The normalized spacial score (nSPS) is 11.2. The Hall–Kier alpha value is -0.800. The maximum absolute atomic E-state index is 5.46. The van der Waals surface area contributed by atoms with Gasteiger partial charge in [0.25, 0.3) is 0 Å². The number of hydrogen-bond donors (Lipinski definition) is 1. The van der Waals surface area contributed by atoms with Crippen LogP contribution in [0.25, 0.3) is 0 Å². The van der Waals surface area contributed by atoms with Crippen molar-refractivity contribution in [3.8, 4) is 0 Å². The molecule has 0 atom stereocenters. The molecule has 0 saturated heterocycles. The van der Waals surface area contributed by atoms with Crippen molar-refractivity contribution in [1.29, 1.82) is 0 Å². The summed E-state index contributed by atoms with van der Waals surface area (Å²) in [5.74, 6) is 0.953. The third-order valence-electron chi connectivity index (χ3n) is 3.54. The van der Waals surface area contributed by atoms with Crippen LogP contribution in [0, 0.1) is 0 Å². The molecule has 0 radical (unpaired) electrons. The first kappa shape index (κ1) is 23.2. The summed E-state index contributed by atoms with van der Waals surface area (Å²) in [6, 6.07) is 4.20. The van der Waals surface area contributed by atoms with Crippen molar-refractivity contribution >= 4 is 29.9 Å². The number of rotatable bonds is 11. The van der Waals surface area contributed by atoms with Gasteiger partial charge in [0.2, 0.25) is 0 Å². The number of ether oxygens (including phenoxy) is 2. The molecule has 0 amide bonds. The Bertz CT molecular complexity index is 452. The van der Waals surface area contributed by atoms with Gasteiger partial charge in [-0.3, -0.25) is 4.99 Å². The highest BCUT2D eigenvalue weighted by Crippen LogP contribution is 2.04. The predicted molar refractivity (Wildman–Crippen MR) is 110 cm³/mol. The monoisotopic (exact) mass is 452 g/mol. The van der Waals surface area contributed by atoms with Gasteiger partial charge in [-0.25, -0.2) is 0 Å². The van der Waals surface area contributed by atoms with E-state index in [9.17, 15) is 0 Å². The Labute approximate surface area is 163 Å². The molecule has 0 spiro atoms. The van der Waals surface area contributed by atoms with E-state index >= 15 is 0 Å². The second-order valence-corrected chi connectivity index (χ2v) is 5.51. The van der Waals surface area contributed by atoms with E-state index in [1.54, 1.807) is 7.11 Å². The minimum Gasteiger partial charge on any atom is -0.382 e. The molecule has 6 nitrogen and oxygen atoms in total. The van der Waals surface area contributed by atoms with Crippen LogP contribution in [0.1, 0.15) is 25.5 Å². The molecule has 0 aromatic carbocycles. The number of aromatic nitrogens is 1. The number of methoxy groups -OCH3 is 1. The number of hydrogen-bond acceptors (Lipinski definition) is 3. The van der Waals surface area contributed by atoms with Gasteiger partial charge in [0.1, 0.15) is 0 Å². The molecule has 7 heteroatoms. The largest absolute Gasteiger partial charge is 0.382 e. The van der Waals surface area contributed by atoms with E-state index in [0.29, 0.717) is 13.2 Å². The fourth-order valence-corrected chi connectivity index (χ4v) is 2.19. The number of nitrogens with one attached hydrogen (secondary N) is 1. The quantitative estimate of drug-likeness (QED) is 0.243. The molecule has 0 unspecified atom stereocenters. The van der Waals surface area contributed by atoms with Gasteiger partial charge >= 0.3 is 0 Å². The summed E-state index contributed by atoms with van der Waals surface area (Å²) in [6.45, 7) is 6.72. The SMILES string of the molecule is CCNC(=NCCCCOCCOC)N(C)Cc1cccn1C.I. The minimum absolute atomic E-state index is 0. The van der Waals surface area contributed by atoms with Crippen molar-refractivity contribution in [2.24, 2.45) is 12.0 Å². The van der Waals surface area contributed by atoms with Gasteiger partial charge in [-0.15, -0.1) is 24.0 Å². The number of aliphatic imine (C=N–C) groups is 1. The highest BCUT2D eigenvalue weighted by Gasteiger charge is 2.07. The lowest BCUT2D eigenvalue weighted by molar-refractivity contribution is 0.0690. The van der Waals surface area contributed by atoms with E-state index < -0.39 is 0 Å². The topological polar surface area (TPSA) is 51.0 Å². The van der Waals surface area contributed by atoms with Gasteiger partial charge < -0.3 is 24.3 Å². The minimum atomic E-state index is 0. The number of guanidine groups is 1. The fourth-order valence-electron chi connectivity index (χ4n) is 2.19. The van der Waals surface area contributed by atoms with Crippen LogP contribution in [0.15, 0.2) is 23.3 Å². The number of halogens is 1. The van der Waals surface area contributed by atoms with Gasteiger partial charge in [-0.05, 0) is 31.9 Å². The Morgan fingerprint density at radius 3 is 2.71 bits per heavy atom. The molecule has 0 aliphatic rings. The number of unbranched alkanes of at least 4 members (excludes halogenated alkanes) is 1. The van der Waals surface area contributed by atoms with Crippen LogP contribution in [0.2, 0.25) is 0 Å². The maximum atomic E-state index is 5.46. The molecule has 0 fully saturated rings. The summed E-state index contributed by atoms with van der Waals surface area (Å²) in [5, 5.41) is 3.35. The third-order valence-corrected chi connectivity index (χ3v) is 3.54. The molecule has 24 heavy (non-hydrogen) atoms. The lowest BCUT2D eigenvalue weighted by atomic mass is 10.3. The van der Waals surface area contributed by atoms with E-state index in [4.69, 9.17) is 14.5 Å². The van der Waals surface area contributed by atoms with Crippen molar-refractivity contribution in [2.45, 2.75) is 26.3 Å². The van der Waals surface area contributed by atoms with Crippen LogP contribution in [0.4, 0.5) is 0 Å². The van der Waals surface area contributed by atoms with Crippen molar-refractivity contribution in [1.82, 2.24) is 14.8 Å². The number of nitrogens with zero attached hydrogens (tertiary/aromatic N) is 3. The van der Waals surface area contributed by atoms with Crippen molar-refractivity contribution < 1.29 is 9.47 Å². The van der Waals surface area contributed by atoms with Gasteiger partial charge in [-0.1, -0.05) is 0 Å². The smallest absolute Gasteiger partial charge is 0.194 e. The fraction of sp³-hybridized carbons (Fsp3) is 0.706. The predicted octanol–water partition coefficient (Wildman–Crippen LogP) is 2.48. The zero-order valence-corrected chi connectivity index (χ0v) is 17.8. The van der Waals surface area contributed by atoms with Crippen LogP contribution < -0.4 is 5.32 Å². The van der Waals surface area contributed by atoms with E-state index in [1.807, 2.05) is 0 Å². The van der Waals surface area contributed by atoms with E-state index in [2.05, 4.69) is 54.1 Å². The van der Waals surface area contributed by atoms with Gasteiger partial charge in [-0.2, -0.15) is 0 Å². The second kappa shape index (κ2) is 14.5.